The molecule has 0 spiro atoms. The summed E-state index contributed by atoms with van der Waals surface area (Å²) in [7, 11) is 0. The summed E-state index contributed by atoms with van der Waals surface area (Å²) in [5, 5.41) is 3.01. The molecule has 1 amide bonds. The van der Waals surface area contributed by atoms with Gasteiger partial charge < -0.3 is 5.32 Å². The largest absolute Gasteiger partial charge is 0.352 e. The van der Waals surface area contributed by atoms with Crippen molar-refractivity contribution in [1.82, 2.24) is 5.32 Å². The Hall–Kier alpha value is -1.57. The van der Waals surface area contributed by atoms with Crippen LogP contribution in [0.4, 0.5) is 0 Å². The number of rotatable bonds is 4. The number of hydrogen-bond donors (Lipinski definition) is 1. The minimum absolute atomic E-state index is 0.0204. The smallest absolute Gasteiger partial charge is 0.244 e. The van der Waals surface area contributed by atoms with Gasteiger partial charge >= 0.3 is 0 Å². The number of carbonyl (C=O) groups is 1. The van der Waals surface area contributed by atoms with Gasteiger partial charge in [0.1, 0.15) is 0 Å². The Morgan fingerprint density at radius 3 is 2.84 bits per heavy atom. The van der Waals surface area contributed by atoms with E-state index in [1.54, 1.807) is 6.08 Å². The van der Waals surface area contributed by atoms with Gasteiger partial charge in [-0.25, -0.2) is 0 Å². The molecule has 2 heteroatoms. The van der Waals surface area contributed by atoms with E-state index < -0.39 is 0 Å². The molecule has 19 heavy (non-hydrogen) atoms. The second-order valence-corrected chi connectivity index (χ2v) is 5.50. The van der Waals surface area contributed by atoms with Gasteiger partial charge in [0.25, 0.3) is 0 Å². The van der Waals surface area contributed by atoms with Crippen molar-refractivity contribution >= 4 is 12.0 Å². The molecule has 1 aromatic rings. The van der Waals surface area contributed by atoms with Crippen molar-refractivity contribution in [2.24, 2.45) is 5.92 Å². The van der Waals surface area contributed by atoms with Crippen molar-refractivity contribution in [3.8, 4) is 0 Å². The van der Waals surface area contributed by atoms with Crippen LogP contribution in [0.15, 0.2) is 30.3 Å². The first-order valence-corrected chi connectivity index (χ1v) is 7.26. The maximum atomic E-state index is 11.7. The van der Waals surface area contributed by atoms with Crippen molar-refractivity contribution in [2.75, 3.05) is 6.54 Å². The van der Waals surface area contributed by atoms with Gasteiger partial charge in [0.15, 0.2) is 0 Å². The second kappa shape index (κ2) is 7.13. The van der Waals surface area contributed by atoms with Crippen LogP contribution < -0.4 is 5.32 Å². The highest BCUT2D eigenvalue weighted by Crippen LogP contribution is 2.22. The summed E-state index contributed by atoms with van der Waals surface area (Å²) >= 11 is 0. The Morgan fingerprint density at radius 1 is 1.32 bits per heavy atom. The first-order valence-electron chi connectivity index (χ1n) is 7.26. The van der Waals surface area contributed by atoms with Crippen molar-refractivity contribution in [2.45, 2.75) is 39.0 Å². The maximum Gasteiger partial charge on any atom is 0.244 e. The van der Waals surface area contributed by atoms with Crippen molar-refractivity contribution in [3.05, 3.63) is 41.5 Å². The molecule has 0 aromatic heterocycles. The lowest BCUT2D eigenvalue weighted by Gasteiger charge is -2.21. The van der Waals surface area contributed by atoms with Gasteiger partial charge in [-0.05, 0) is 37.3 Å². The normalized spacial score (nSPS) is 16.7. The molecule has 2 nitrogen and oxygen atoms in total. The molecule has 0 unspecified atom stereocenters. The predicted molar refractivity (Wildman–Crippen MR) is 79.8 cm³/mol. The van der Waals surface area contributed by atoms with E-state index in [4.69, 9.17) is 0 Å². The Balaban J connectivity index is 1.77. The van der Waals surface area contributed by atoms with Crippen LogP contribution in [0.2, 0.25) is 0 Å². The van der Waals surface area contributed by atoms with Gasteiger partial charge in [-0.2, -0.15) is 0 Å². The van der Waals surface area contributed by atoms with E-state index >= 15 is 0 Å². The lowest BCUT2D eigenvalue weighted by molar-refractivity contribution is -0.116. The monoisotopic (exact) mass is 257 g/mol. The Morgan fingerprint density at radius 2 is 2.11 bits per heavy atom. The van der Waals surface area contributed by atoms with Crippen LogP contribution in [0.3, 0.4) is 0 Å². The lowest BCUT2D eigenvalue weighted by Crippen LogP contribution is -2.28. The summed E-state index contributed by atoms with van der Waals surface area (Å²) < 4.78 is 0. The van der Waals surface area contributed by atoms with Gasteiger partial charge in [-0.1, -0.05) is 49.1 Å². The Bertz CT molecular complexity index is 444. The molecule has 0 atom stereocenters. The number of amides is 1. The molecule has 0 aliphatic heterocycles. The third-order valence-corrected chi connectivity index (χ3v) is 3.76. The summed E-state index contributed by atoms with van der Waals surface area (Å²) in [4.78, 5) is 11.7. The third-order valence-electron chi connectivity index (χ3n) is 3.76. The summed E-state index contributed by atoms with van der Waals surface area (Å²) in [6.45, 7) is 2.89. The van der Waals surface area contributed by atoms with Crippen molar-refractivity contribution in [1.29, 1.82) is 0 Å². The quantitative estimate of drug-likeness (QED) is 0.819. The molecule has 102 valence electrons. The molecule has 1 N–H and O–H groups in total. The van der Waals surface area contributed by atoms with Crippen LogP contribution in [0.5, 0.6) is 0 Å². The first kappa shape index (κ1) is 13.9. The molecule has 0 radical (unpaired) electrons. The maximum absolute atomic E-state index is 11.7. The van der Waals surface area contributed by atoms with Crippen LogP contribution in [0.1, 0.15) is 43.2 Å². The molecule has 2 rings (SSSR count). The highest BCUT2D eigenvalue weighted by atomic mass is 16.1. The SMILES string of the molecule is Cc1cccc(/C=C/C(=O)NCC2CCCCC2)c1. The summed E-state index contributed by atoms with van der Waals surface area (Å²) in [6.07, 6.45) is 10.0. The van der Waals surface area contributed by atoms with E-state index in [-0.39, 0.29) is 5.91 Å². The van der Waals surface area contributed by atoms with Gasteiger partial charge in [0, 0.05) is 12.6 Å². The molecule has 0 heterocycles. The number of nitrogens with one attached hydrogen (secondary N) is 1. The standard InChI is InChI=1S/C17H23NO/c1-14-6-5-9-15(12-14)10-11-17(19)18-13-16-7-3-2-4-8-16/h5-6,9-12,16H,2-4,7-8,13H2,1H3,(H,18,19)/b11-10+. The molecule has 1 aliphatic rings. The number of benzene rings is 1. The van der Waals surface area contributed by atoms with E-state index in [9.17, 15) is 4.79 Å². The van der Waals surface area contributed by atoms with E-state index in [2.05, 4.69) is 24.4 Å². The molecular weight excluding hydrogens is 234 g/mol. The van der Waals surface area contributed by atoms with Crippen molar-refractivity contribution < 1.29 is 4.79 Å². The van der Waals surface area contributed by atoms with E-state index in [1.807, 2.05) is 18.2 Å². The topological polar surface area (TPSA) is 29.1 Å². The fraction of sp³-hybridized carbons (Fsp3) is 0.471. The minimum Gasteiger partial charge on any atom is -0.352 e. The summed E-state index contributed by atoms with van der Waals surface area (Å²) in [5.41, 5.74) is 2.29. The van der Waals surface area contributed by atoms with E-state index in [0.717, 1.165) is 12.1 Å². The fourth-order valence-corrected chi connectivity index (χ4v) is 2.64. The van der Waals surface area contributed by atoms with E-state index in [0.29, 0.717) is 5.92 Å². The zero-order valence-electron chi connectivity index (χ0n) is 11.7. The molecule has 0 bridgehead atoms. The molecule has 0 saturated heterocycles. The average Bonchev–Trinajstić information content (AvgIpc) is 2.44. The predicted octanol–water partition coefficient (Wildman–Crippen LogP) is 3.70. The van der Waals surface area contributed by atoms with Crippen LogP contribution in [-0.2, 0) is 4.79 Å². The van der Waals surface area contributed by atoms with Crippen LogP contribution >= 0.6 is 0 Å². The molecule has 1 fully saturated rings. The Kier molecular flexibility index (Phi) is 5.20. The van der Waals surface area contributed by atoms with Crippen LogP contribution in [0.25, 0.3) is 6.08 Å². The first-order chi connectivity index (χ1) is 9.24. The van der Waals surface area contributed by atoms with Gasteiger partial charge in [0.2, 0.25) is 5.91 Å². The lowest BCUT2D eigenvalue weighted by atomic mass is 9.89. The number of hydrogen-bond acceptors (Lipinski definition) is 1. The van der Waals surface area contributed by atoms with Crippen LogP contribution in [0, 0.1) is 12.8 Å². The second-order valence-electron chi connectivity index (χ2n) is 5.50. The average molecular weight is 257 g/mol. The zero-order chi connectivity index (χ0) is 13.5. The summed E-state index contributed by atoms with van der Waals surface area (Å²) in [6, 6.07) is 8.15. The highest BCUT2D eigenvalue weighted by molar-refractivity contribution is 5.91. The zero-order valence-corrected chi connectivity index (χ0v) is 11.7. The van der Waals surface area contributed by atoms with Crippen molar-refractivity contribution in [3.63, 3.8) is 0 Å². The molecule has 1 saturated carbocycles. The Labute approximate surface area is 115 Å². The minimum atomic E-state index is 0.0204. The highest BCUT2D eigenvalue weighted by Gasteiger charge is 2.13. The molecule has 1 aromatic carbocycles. The summed E-state index contributed by atoms with van der Waals surface area (Å²) in [5.74, 6) is 0.706. The van der Waals surface area contributed by atoms with Gasteiger partial charge in [-0.3, -0.25) is 4.79 Å². The van der Waals surface area contributed by atoms with Gasteiger partial charge in [-0.15, -0.1) is 0 Å². The van der Waals surface area contributed by atoms with Gasteiger partial charge in [0.05, 0.1) is 0 Å². The third kappa shape index (κ3) is 4.90. The fourth-order valence-electron chi connectivity index (χ4n) is 2.64. The van der Waals surface area contributed by atoms with Crippen LogP contribution in [-0.4, -0.2) is 12.5 Å². The van der Waals surface area contributed by atoms with E-state index in [1.165, 1.54) is 37.7 Å². The number of carbonyl (C=O) groups excluding carboxylic acids is 1. The number of aryl methyl sites for hydroxylation is 1. The molecular formula is C17H23NO. The molecule has 1 aliphatic carbocycles.